The third-order valence-electron chi connectivity index (χ3n) is 26.1. The Labute approximate surface area is 819 Å². The maximum absolute atomic E-state index is 5.13. The summed E-state index contributed by atoms with van der Waals surface area (Å²) >= 11 is 0. The summed E-state index contributed by atoms with van der Waals surface area (Å²) in [5, 5.41) is 13.3. The van der Waals surface area contributed by atoms with E-state index in [1.807, 2.05) is 134 Å². The number of benzene rings is 17. The van der Waals surface area contributed by atoms with Crippen LogP contribution in [0.2, 0.25) is 0 Å². The molecule has 0 saturated carbocycles. The second-order valence-corrected chi connectivity index (χ2v) is 34.2. The molecule has 1 aliphatic carbocycles. The molecule has 0 N–H and O–H groups in total. The summed E-state index contributed by atoms with van der Waals surface area (Å²) in [6.45, 7) is 0. The van der Waals surface area contributed by atoms with Crippen LogP contribution in [0.15, 0.2) is 493 Å². The second-order valence-electron chi connectivity index (χ2n) is 34.2. The average molecular weight is 1810 g/mol. The fraction of sp³-hybridized carbons (Fsp3) is 0.0231. The Bertz CT molecular complexity index is 8650. The quantitative estimate of drug-likeness (QED) is 0.0715. The van der Waals surface area contributed by atoms with E-state index in [0.29, 0.717) is 17.5 Å². The zero-order valence-corrected chi connectivity index (χ0v) is 74.7. The zero-order valence-electron chi connectivity index (χ0n) is 74.7. The smallest absolute Gasteiger partial charge is 0.164 e. The molecule has 668 valence electrons. The van der Waals surface area contributed by atoms with Crippen LogP contribution in [0, 0.1) is 0 Å². The summed E-state index contributed by atoms with van der Waals surface area (Å²) in [6.07, 6.45) is 14.6. The minimum atomic E-state index is 0. The summed E-state index contributed by atoms with van der Waals surface area (Å²) < 4.78 is 0. The number of hydrogen-bond acceptors (Lipinski definition) is 11. The molecule has 141 heavy (non-hydrogen) atoms. The van der Waals surface area contributed by atoms with Crippen LogP contribution in [0.4, 0.5) is 0 Å². The number of aromatic nitrogens is 11. The highest BCUT2D eigenvalue weighted by Gasteiger charge is 2.33. The van der Waals surface area contributed by atoms with E-state index in [4.69, 9.17) is 34.9 Å². The first kappa shape index (κ1) is 88.9. The van der Waals surface area contributed by atoms with Crippen LogP contribution < -0.4 is 0 Å². The van der Waals surface area contributed by atoms with Crippen LogP contribution in [0.5, 0.6) is 0 Å². The zero-order chi connectivity index (χ0) is 91.6. The summed E-state index contributed by atoms with van der Waals surface area (Å²) in [7, 11) is 0. The largest absolute Gasteiger partial charge is 0.264 e. The van der Waals surface area contributed by atoms with Gasteiger partial charge in [-0.2, -0.15) is 0 Å². The third-order valence-corrected chi connectivity index (χ3v) is 26.1. The Morgan fingerprint density at radius 2 is 0.475 bits per heavy atom. The van der Waals surface area contributed by atoms with Gasteiger partial charge in [0.2, 0.25) is 0 Å². The number of pyridine rings is 6. The minimum absolute atomic E-state index is 0. The number of hydrogen-bond donors (Lipinski definition) is 0. The number of fused-ring (bicyclic) bond motifs is 9. The molecular weight excluding hydrogens is 1720 g/mol. The highest BCUT2D eigenvalue weighted by atomic mass is 15.0. The topological polar surface area (TPSA) is 142 Å². The maximum Gasteiger partial charge on any atom is 0.164 e. The molecule has 0 fully saturated rings. The normalized spacial score (nSPS) is 11.1. The van der Waals surface area contributed by atoms with E-state index >= 15 is 0 Å². The predicted molar refractivity (Wildman–Crippen MR) is 586 cm³/mol. The summed E-state index contributed by atoms with van der Waals surface area (Å²) in [5.41, 5.74) is 34.6. The molecule has 26 rings (SSSR count). The fourth-order valence-corrected chi connectivity index (χ4v) is 19.8. The molecule has 11 heteroatoms. The molecule has 0 atom stereocenters. The second kappa shape index (κ2) is 39.3. The van der Waals surface area contributed by atoms with Crippen molar-refractivity contribution in [3.8, 4) is 191 Å². The van der Waals surface area contributed by atoms with Crippen molar-refractivity contribution in [3.63, 3.8) is 0 Å². The molecule has 11 nitrogen and oxygen atoms in total. The standard InChI is InChI=1S/C47H29N3.C44H28N2.C36H24N6.3CH4/c1-5-16-30(17-6-1)40-34-24-13-14-25-35(34)41(31-18-7-2-8-19-31)44-39-29-28-37(36-26-15-27-38(42(36)39)43(40)44)47-49-45(32-20-9-3-10-21-32)48-46(50-47)33-22-11-4-12-23-33;1-3-13-29(14-4-1)40-35-19-9-11-21-37(35)41(38-22-12-10-20-36(38)40)31-23-25-32(26-24-31)42-34-18-8-7-17-33(34)39-27-45-28-46-44(39)43(42)30-15-5-2-6-16-30;1-3-17-38-31(8-1)33-14-12-26(23-40-33)29-19-28(25-7-6-16-37-22-25)20-30(21-29)27-13-15-34(41-24-27)36-11-5-10-35(42-36)32-9-2-4-18-39-32;;;/h1-29H;1-28H;1-24H;3*1H4. The van der Waals surface area contributed by atoms with Crippen molar-refractivity contribution in [1.29, 1.82) is 0 Å². The molecule has 25 aromatic rings. The molecule has 0 radical (unpaired) electrons. The van der Waals surface area contributed by atoms with Crippen LogP contribution in [0.1, 0.15) is 22.3 Å². The summed E-state index contributed by atoms with van der Waals surface area (Å²) in [6, 6.07) is 155. The van der Waals surface area contributed by atoms with Gasteiger partial charge in [0.15, 0.2) is 17.5 Å². The van der Waals surface area contributed by atoms with Crippen molar-refractivity contribution < 1.29 is 0 Å². The van der Waals surface area contributed by atoms with Gasteiger partial charge in [-0.3, -0.25) is 24.9 Å². The Hall–Kier alpha value is -18.7. The van der Waals surface area contributed by atoms with Gasteiger partial charge in [0.1, 0.15) is 6.33 Å². The summed E-state index contributed by atoms with van der Waals surface area (Å²) in [4.78, 5) is 52.0. The molecule has 0 amide bonds. The lowest BCUT2D eigenvalue weighted by Crippen LogP contribution is -2.00. The van der Waals surface area contributed by atoms with Crippen LogP contribution >= 0.6 is 0 Å². The van der Waals surface area contributed by atoms with Crippen LogP contribution in [-0.2, 0) is 0 Å². The molecule has 0 aliphatic heterocycles. The van der Waals surface area contributed by atoms with E-state index in [1.165, 1.54) is 115 Å². The molecule has 0 bridgehead atoms. The Morgan fingerprint density at radius 1 is 0.149 bits per heavy atom. The molecule has 8 aromatic heterocycles. The molecule has 17 aromatic carbocycles. The van der Waals surface area contributed by atoms with Gasteiger partial charge in [0, 0.05) is 87.7 Å². The lowest BCUT2D eigenvalue weighted by Gasteiger charge is -2.20. The highest BCUT2D eigenvalue weighted by Crippen LogP contribution is 2.59. The van der Waals surface area contributed by atoms with E-state index in [0.717, 1.165) is 123 Å². The van der Waals surface area contributed by atoms with Gasteiger partial charge in [-0.25, -0.2) is 29.9 Å². The molecular formula is C130H93N11. The van der Waals surface area contributed by atoms with Gasteiger partial charge in [-0.05, 0) is 233 Å². The molecule has 1 aliphatic rings. The molecule has 0 spiro atoms. The van der Waals surface area contributed by atoms with Crippen LogP contribution in [0.25, 0.3) is 255 Å². The third kappa shape index (κ3) is 16.9. The monoisotopic (exact) mass is 1810 g/mol. The Morgan fingerprint density at radius 3 is 0.922 bits per heavy atom. The molecule has 8 heterocycles. The van der Waals surface area contributed by atoms with Gasteiger partial charge in [-0.15, -0.1) is 0 Å². The van der Waals surface area contributed by atoms with E-state index in [9.17, 15) is 0 Å². The Balaban J connectivity index is 0.000000125. The van der Waals surface area contributed by atoms with Gasteiger partial charge >= 0.3 is 0 Å². The lowest BCUT2D eigenvalue weighted by molar-refractivity contribution is 1.08. The first-order valence-electron chi connectivity index (χ1n) is 46.2. The van der Waals surface area contributed by atoms with Gasteiger partial charge in [0.25, 0.3) is 0 Å². The van der Waals surface area contributed by atoms with Crippen molar-refractivity contribution in [2.24, 2.45) is 0 Å². The lowest BCUT2D eigenvalue weighted by atomic mass is 9.82. The van der Waals surface area contributed by atoms with E-state index in [-0.39, 0.29) is 22.3 Å². The van der Waals surface area contributed by atoms with Gasteiger partial charge in [-0.1, -0.05) is 386 Å². The fourth-order valence-electron chi connectivity index (χ4n) is 19.8. The first-order valence-corrected chi connectivity index (χ1v) is 46.2. The average Bonchev–Trinajstić information content (AvgIpc) is 1.54. The van der Waals surface area contributed by atoms with Crippen molar-refractivity contribution in [2.75, 3.05) is 0 Å². The van der Waals surface area contributed by atoms with Gasteiger partial charge in [0.05, 0.1) is 39.7 Å². The van der Waals surface area contributed by atoms with Crippen molar-refractivity contribution >= 4 is 64.8 Å². The summed E-state index contributed by atoms with van der Waals surface area (Å²) in [5.74, 6) is 1.98. The number of nitrogens with zero attached hydrogens (tertiary/aromatic N) is 11. The molecule has 0 unspecified atom stereocenters. The van der Waals surface area contributed by atoms with E-state index in [1.54, 1.807) is 24.9 Å². The SMILES string of the molecule is C.C.C.c1ccc(-c2c3ccccc3c(-c3ccc(-c4c(-c5ccccc5)c5ncncc5c5ccccc45)cc3)c3ccccc23)cc1.c1ccc(-c2ccc(-c3cc(-c4cccnc4)cc(-c4ccc(-c5cccc(-c6ccccn6)n5)nc4)c3)cn2)nc1.c1ccc(-c2nc(-c3ccccc3)nc(-c3ccc4c5c(cccc35)-c3c-4c(-c4ccccc4)c4ccccc4c3-c3ccccc3)n2)cc1. The first-order chi connectivity index (χ1) is 68.5. The van der Waals surface area contributed by atoms with Gasteiger partial charge < -0.3 is 0 Å². The van der Waals surface area contributed by atoms with Crippen molar-refractivity contribution in [1.82, 2.24) is 54.8 Å². The van der Waals surface area contributed by atoms with E-state index in [2.05, 4.69) is 354 Å². The minimum Gasteiger partial charge on any atom is -0.264 e. The van der Waals surface area contributed by atoms with Crippen LogP contribution in [0.3, 0.4) is 0 Å². The van der Waals surface area contributed by atoms with Crippen molar-refractivity contribution in [2.45, 2.75) is 22.3 Å². The maximum atomic E-state index is 5.13. The highest BCUT2D eigenvalue weighted by molar-refractivity contribution is 6.29. The predicted octanol–water partition coefficient (Wildman–Crippen LogP) is 33.9. The van der Waals surface area contributed by atoms with E-state index < -0.39 is 0 Å². The van der Waals surface area contributed by atoms with Crippen molar-refractivity contribution in [3.05, 3.63) is 493 Å². The van der Waals surface area contributed by atoms with Crippen LogP contribution in [-0.4, -0.2) is 54.8 Å². The number of rotatable bonds is 15. The Kier molecular flexibility index (Phi) is 24.8. The molecule has 0 saturated heterocycles.